The molecule has 148 valence electrons. The molecule has 0 aliphatic carbocycles. The standard InChI is InChI=1S/C20H25N5O3/c1-12(2)28-20(27)25-16-9-17(19(22-4)23-11-16)13(3)14-6-5-7-15(8-14)24-18(26)10-21/h5-9,11-12H,3,10,21H2,1-2,4H3,(H,22,23)(H,24,26)(H,25,27). The molecule has 0 spiro atoms. The largest absolute Gasteiger partial charge is 0.447 e. The van der Waals surface area contributed by atoms with Crippen molar-refractivity contribution in [3.63, 3.8) is 0 Å². The molecule has 0 fully saturated rings. The van der Waals surface area contributed by atoms with E-state index in [0.717, 1.165) is 5.56 Å². The molecule has 2 amide bonds. The molecule has 28 heavy (non-hydrogen) atoms. The molecule has 1 heterocycles. The first-order chi connectivity index (χ1) is 13.3. The number of rotatable bonds is 7. The van der Waals surface area contributed by atoms with Crippen molar-refractivity contribution in [2.75, 3.05) is 29.5 Å². The Bertz CT molecular complexity index is 880. The second-order valence-corrected chi connectivity index (χ2v) is 6.26. The monoisotopic (exact) mass is 383 g/mol. The summed E-state index contributed by atoms with van der Waals surface area (Å²) in [4.78, 5) is 27.7. The van der Waals surface area contributed by atoms with Gasteiger partial charge >= 0.3 is 6.09 Å². The van der Waals surface area contributed by atoms with Crippen LogP contribution in [0.2, 0.25) is 0 Å². The van der Waals surface area contributed by atoms with Crippen molar-refractivity contribution in [2.45, 2.75) is 20.0 Å². The second kappa shape index (κ2) is 9.52. The molecule has 0 atom stereocenters. The Morgan fingerprint density at radius 3 is 2.61 bits per heavy atom. The Labute approximate surface area is 164 Å². The Morgan fingerprint density at radius 2 is 1.96 bits per heavy atom. The van der Waals surface area contributed by atoms with E-state index >= 15 is 0 Å². The number of amides is 2. The molecular formula is C20H25N5O3. The highest BCUT2D eigenvalue weighted by atomic mass is 16.6. The van der Waals surface area contributed by atoms with Crippen molar-refractivity contribution >= 4 is 34.8 Å². The number of hydrogen-bond acceptors (Lipinski definition) is 6. The number of carbonyl (C=O) groups excluding carboxylic acids is 2. The molecule has 8 nitrogen and oxygen atoms in total. The number of anilines is 3. The van der Waals surface area contributed by atoms with Gasteiger partial charge < -0.3 is 21.1 Å². The highest BCUT2D eigenvalue weighted by Crippen LogP contribution is 2.30. The Morgan fingerprint density at radius 1 is 1.21 bits per heavy atom. The summed E-state index contributed by atoms with van der Waals surface area (Å²) >= 11 is 0. The molecular weight excluding hydrogens is 358 g/mol. The van der Waals surface area contributed by atoms with Gasteiger partial charge in [-0.25, -0.2) is 9.78 Å². The lowest BCUT2D eigenvalue weighted by atomic mass is 9.99. The van der Waals surface area contributed by atoms with Crippen molar-refractivity contribution in [1.29, 1.82) is 0 Å². The van der Waals surface area contributed by atoms with E-state index in [2.05, 4.69) is 27.5 Å². The van der Waals surface area contributed by atoms with Gasteiger partial charge in [0.15, 0.2) is 0 Å². The number of nitrogens with zero attached hydrogens (tertiary/aromatic N) is 1. The van der Waals surface area contributed by atoms with E-state index in [1.165, 1.54) is 6.20 Å². The third kappa shape index (κ3) is 5.55. The summed E-state index contributed by atoms with van der Waals surface area (Å²) < 4.78 is 5.09. The maximum absolute atomic E-state index is 11.9. The van der Waals surface area contributed by atoms with Crippen LogP contribution < -0.4 is 21.7 Å². The van der Waals surface area contributed by atoms with Gasteiger partial charge in [-0.2, -0.15) is 0 Å². The van der Waals surface area contributed by atoms with Crippen LogP contribution in [0.3, 0.4) is 0 Å². The molecule has 5 N–H and O–H groups in total. The topological polar surface area (TPSA) is 118 Å². The van der Waals surface area contributed by atoms with Crippen LogP contribution in [0.1, 0.15) is 25.0 Å². The molecule has 0 saturated carbocycles. The van der Waals surface area contributed by atoms with Crippen molar-refractivity contribution in [1.82, 2.24) is 4.98 Å². The fraction of sp³-hybridized carbons (Fsp3) is 0.250. The van der Waals surface area contributed by atoms with Crippen molar-refractivity contribution < 1.29 is 14.3 Å². The Kier molecular flexibility index (Phi) is 7.11. The summed E-state index contributed by atoms with van der Waals surface area (Å²) in [5.74, 6) is 0.319. The molecule has 2 rings (SSSR count). The van der Waals surface area contributed by atoms with E-state index in [1.807, 2.05) is 6.07 Å². The predicted molar refractivity (Wildman–Crippen MR) is 111 cm³/mol. The lowest BCUT2D eigenvalue weighted by Gasteiger charge is -2.15. The van der Waals surface area contributed by atoms with E-state index in [9.17, 15) is 9.59 Å². The zero-order chi connectivity index (χ0) is 20.7. The first-order valence-electron chi connectivity index (χ1n) is 8.79. The minimum absolute atomic E-state index is 0.0980. The highest BCUT2D eigenvalue weighted by molar-refractivity contribution is 5.94. The van der Waals surface area contributed by atoms with Gasteiger partial charge in [-0.15, -0.1) is 0 Å². The number of hydrogen-bond donors (Lipinski definition) is 4. The summed E-state index contributed by atoms with van der Waals surface area (Å²) in [6.45, 7) is 7.59. The molecule has 0 saturated heterocycles. The van der Waals surface area contributed by atoms with E-state index in [0.29, 0.717) is 28.3 Å². The number of pyridine rings is 1. The van der Waals surface area contributed by atoms with Crippen LogP contribution in [0, 0.1) is 0 Å². The molecule has 1 aromatic heterocycles. The molecule has 0 bridgehead atoms. The van der Waals surface area contributed by atoms with Gasteiger partial charge in [-0.05, 0) is 43.2 Å². The maximum atomic E-state index is 11.9. The quantitative estimate of drug-likeness (QED) is 0.584. The van der Waals surface area contributed by atoms with Crippen molar-refractivity contribution in [3.8, 4) is 0 Å². The van der Waals surface area contributed by atoms with E-state index in [1.54, 1.807) is 45.2 Å². The normalized spacial score (nSPS) is 10.3. The molecule has 0 aliphatic rings. The highest BCUT2D eigenvalue weighted by Gasteiger charge is 2.13. The first kappa shape index (κ1) is 20.9. The van der Waals surface area contributed by atoms with Crippen molar-refractivity contribution in [3.05, 3.63) is 54.2 Å². The molecule has 0 unspecified atom stereocenters. The maximum Gasteiger partial charge on any atom is 0.411 e. The Balaban J connectivity index is 2.31. The van der Waals surface area contributed by atoms with Crippen LogP contribution in [-0.4, -0.2) is 36.7 Å². The fourth-order valence-electron chi connectivity index (χ4n) is 2.48. The van der Waals surface area contributed by atoms with E-state index in [-0.39, 0.29) is 18.6 Å². The zero-order valence-electron chi connectivity index (χ0n) is 16.2. The summed E-state index contributed by atoms with van der Waals surface area (Å²) in [7, 11) is 1.75. The van der Waals surface area contributed by atoms with E-state index in [4.69, 9.17) is 10.5 Å². The number of aromatic nitrogens is 1. The Hall–Kier alpha value is -3.39. The average molecular weight is 383 g/mol. The minimum Gasteiger partial charge on any atom is -0.447 e. The summed E-state index contributed by atoms with van der Waals surface area (Å²) in [6, 6.07) is 8.99. The van der Waals surface area contributed by atoms with Crippen LogP contribution in [0.25, 0.3) is 5.57 Å². The minimum atomic E-state index is -0.558. The molecule has 0 radical (unpaired) electrons. The molecule has 8 heteroatoms. The summed E-state index contributed by atoms with van der Waals surface area (Å²) in [6.07, 6.45) is 0.741. The van der Waals surface area contributed by atoms with Gasteiger partial charge in [0.1, 0.15) is 5.82 Å². The summed E-state index contributed by atoms with van der Waals surface area (Å²) in [5, 5.41) is 8.38. The zero-order valence-corrected chi connectivity index (χ0v) is 16.2. The number of carbonyl (C=O) groups is 2. The van der Waals surface area contributed by atoms with Crippen LogP contribution in [-0.2, 0) is 9.53 Å². The number of ether oxygens (including phenoxy) is 1. The molecule has 0 aliphatic heterocycles. The van der Waals surface area contributed by atoms with Gasteiger partial charge in [0.2, 0.25) is 5.91 Å². The van der Waals surface area contributed by atoms with Gasteiger partial charge in [-0.3, -0.25) is 10.1 Å². The number of nitrogens with two attached hydrogens (primary N) is 1. The number of nitrogens with one attached hydrogen (secondary N) is 3. The number of benzene rings is 1. The average Bonchev–Trinajstić information content (AvgIpc) is 2.66. The van der Waals surface area contributed by atoms with Gasteiger partial charge in [0, 0.05) is 18.3 Å². The molecule has 1 aromatic carbocycles. The lowest BCUT2D eigenvalue weighted by Crippen LogP contribution is -2.21. The third-order valence-corrected chi connectivity index (χ3v) is 3.72. The van der Waals surface area contributed by atoms with Gasteiger partial charge in [0.05, 0.1) is 24.5 Å². The first-order valence-corrected chi connectivity index (χ1v) is 8.79. The van der Waals surface area contributed by atoms with Crippen molar-refractivity contribution in [2.24, 2.45) is 5.73 Å². The van der Waals surface area contributed by atoms with Crippen LogP contribution in [0.4, 0.5) is 22.0 Å². The van der Waals surface area contributed by atoms with Gasteiger partial charge in [0.25, 0.3) is 0 Å². The van der Waals surface area contributed by atoms with Crippen LogP contribution in [0.5, 0.6) is 0 Å². The SMILES string of the molecule is C=C(c1cccc(NC(=O)CN)c1)c1cc(NC(=O)OC(C)C)cnc1NC. The predicted octanol–water partition coefficient (Wildman–Crippen LogP) is 3.04. The van der Waals surface area contributed by atoms with Crippen LogP contribution in [0.15, 0.2) is 43.1 Å². The second-order valence-electron chi connectivity index (χ2n) is 6.26. The van der Waals surface area contributed by atoms with Crippen LogP contribution >= 0.6 is 0 Å². The van der Waals surface area contributed by atoms with E-state index < -0.39 is 6.09 Å². The fourth-order valence-corrected chi connectivity index (χ4v) is 2.48. The molecule has 2 aromatic rings. The summed E-state index contributed by atoms with van der Waals surface area (Å²) in [5.41, 5.74) is 8.59. The lowest BCUT2D eigenvalue weighted by molar-refractivity contribution is -0.114. The third-order valence-electron chi connectivity index (χ3n) is 3.72. The van der Waals surface area contributed by atoms with Gasteiger partial charge in [-0.1, -0.05) is 18.7 Å². The smallest absolute Gasteiger partial charge is 0.411 e.